The Bertz CT molecular complexity index is 974. The van der Waals surface area contributed by atoms with Gasteiger partial charge in [0.1, 0.15) is 5.75 Å². The molecule has 1 heterocycles. The number of benzene rings is 3. The molecule has 0 aliphatic carbocycles. The molecule has 23 heavy (non-hydrogen) atoms. The summed E-state index contributed by atoms with van der Waals surface area (Å²) in [4.78, 5) is 26.7. The van der Waals surface area contributed by atoms with Crippen molar-refractivity contribution in [1.82, 2.24) is 0 Å². The van der Waals surface area contributed by atoms with E-state index in [1.165, 1.54) is 12.1 Å². The molecule has 3 aromatic carbocycles. The summed E-state index contributed by atoms with van der Waals surface area (Å²) in [6, 6.07) is 14.7. The second kappa shape index (κ2) is 4.83. The van der Waals surface area contributed by atoms with Crippen molar-refractivity contribution in [3.05, 3.63) is 70.7 Å². The highest BCUT2D eigenvalue weighted by molar-refractivity contribution is 6.41. The third-order valence-electron chi connectivity index (χ3n) is 3.98. The second-order valence-corrected chi connectivity index (χ2v) is 5.66. The molecule has 1 aliphatic heterocycles. The molecule has 3 aromatic rings. The standard InChI is InChI=1S/C18H10ClNO3/c19-13-9-8-12-16-10(13)4-3-5-11(16)17(22)20(18(12)23)14-6-1-2-7-15(14)21/h1-9,21H. The molecule has 0 spiro atoms. The van der Waals surface area contributed by atoms with Crippen molar-refractivity contribution in [1.29, 1.82) is 0 Å². The van der Waals surface area contributed by atoms with Crippen LogP contribution < -0.4 is 4.90 Å². The Morgan fingerprint density at radius 2 is 1.52 bits per heavy atom. The Morgan fingerprint density at radius 1 is 0.826 bits per heavy atom. The molecule has 2 amide bonds. The minimum Gasteiger partial charge on any atom is -0.506 e. The van der Waals surface area contributed by atoms with E-state index in [-0.39, 0.29) is 11.4 Å². The first-order valence-electron chi connectivity index (χ1n) is 6.97. The summed E-state index contributed by atoms with van der Waals surface area (Å²) in [6.07, 6.45) is 0. The van der Waals surface area contributed by atoms with Gasteiger partial charge >= 0.3 is 0 Å². The Labute approximate surface area is 136 Å². The number of rotatable bonds is 1. The fourth-order valence-corrected chi connectivity index (χ4v) is 3.15. The zero-order valence-electron chi connectivity index (χ0n) is 11.8. The topological polar surface area (TPSA) is 57.6 Å². The smallest absolute Gasteiger partial charge is 0.266 e. The van der Waals surface area contributed by atoms with Gasteiger partial charge in [-0.1, -0.05) is 35.9 Å². The maximum absolute atomic E-state index is 12.8. The van der Waals surface area contributed by atoms with Crippen molar-refractivity contribution in [3.63, 3.8) is 0 Å². The van der Waals surface area contributed by atoms with Crippen molar-refractivity contribution in [2.45, 2.75) is 0 Å². The third-order valence-corrected chi connectivity index (χ3v) is 4.31. The number of aromatic hydroxyl groups is 1. The summed E-state index contributed by atoms with van der Waals surface area (Å²) in [5.41, 5.74) is 0.950. The third kappa shape index (κ3) is 1.85. The molecule has 1 N–H and O–H groups in total. The zero-order valence-corrected chi connectivity index (χ0v) is 12.5. The molecular formula is C18H10ClNO3. The summed E-state index contributed by atoms with van der Waals surface area (Å²) >= 11 is 6.18. The van der Waals surface area contributed by atoms with Crippen molar-refractivity contribution in [2.24, 2.45) is 0 Å². The number of carbonyl (C=O) groups is 2. The number of nitrogens with zero attached hydrogens (tertiary/aromatic N) is 1. The van der Waals surface area contributed by atoms with Crippen LogP contribution >= 0.6 is 11.6 Å². The fourth-order valence-electron chi connectivity index (χ4n) is 2.93. The molecule has 1 aliphatic rings. The number of para-hydroxylation sites is 2. The molecule has 0 atom stereocenters. The predicted molar refractivity (Wildman–Crippen MR) is 88.2 cm³/mol. The van der Waals surface area contributed by atoms with Crippen LogP contribution in [-0.2, 0) is 0 Å². The second-order valence-electron chi connectivity index (χ2n) is 5.26. The number of imide groups is 1. The highest BCUT2D eigenvalue weighted by atomic mass is 35.5. The van der Waals surface area contributed by atoms with Crippen molar-refractivity contribution in [2.75, 3.05) is 4.90 Å². The van der Waals surface area contributed by atoms with Gasteiger partial charge in [0.2, 0.25) is 0 Å². The van der Waals surface area contributed by atoms with Crippen LogP contribution in [-0.4, -0.2) is 16.9 Å². The average molecular weight is 324 g/mol. The lowest BCUT2D eigenvalue weighted by atomic mass is 9.93. The largest absolute Gasteiger partial charge is 0.506 e. The fraction of sp³-hybridized carbons (Fsp3) is 0. The molecule has 0 fully saturated rings. The lowest BCUT2D eigenvalue weighted by molar-refractivity contribution is 0.0892. The molecule has 0 saturated carbocycles. The first kappa shape index (κ1) is 13.8. The maximum Gasteiger partial charge on any atom is 0.266 e. The molecule has 112 valence electrons. The van der Waals surface area contributed by atoms with Gasteiger partial charge < -0.3 is 5.11 Å². The van der Waals surface area contributed by atoms with E-state index >= 15 is 0 Å². The number of phenols is 1. The van der Waals surface area contributed by atoms with Crippen LogP contribution in [0.1, 0.15) is 20.7 Å². The quantitative estimate of drug-likeness (QED) is 0.689. The van der Waals surface area contributed by atoms with Crippen LogP contribution in [0.2, 0.25) is 5.02 Å². The molecule has 0 radical (unpaired) electrons. The molecule has 0 bridgehead atoms. The van der Waals surface area contributed by atoms with E-state index < -0.39 is 11.8 Å². The SMILES string of the molecule is O=C1c2cccc3c(Cl)ccc(c23)C(=O)N1c1ccccc1O. The number of amides is 2. The molecule has 5 heteroatoms. The van der Waals surface area contributed by atoms with Gasteiger partial charge in [0, 0.05) is 26.9 Å². The zero-order chi connectivity index (χ0) is 16.1. The van der Waals surface area contributed by atoms with Gasteiger partial charge in [0.15, 0.2) is 0 Å². The van der Waals surface area contributed by atoms with E-state index in [1.54, 1.807) is 42.5 Å². The molecule has 0 unspecified atom stereocenters. The van der Waals surface area contributed by atoms with Gasteiger partial charge in [-0.3, -0.25) is 9.59 Å². The van der Waals surface area contributed by atoms with Crippen molar-refractivity contribution in [3.8, 4) is 5.75 Å². The molecule has 0 saturated heterocycles. The van der Waals surface area contributed by atoms with Gasteiger partial charge in [-0.05, 0) is 30.3 Å². The number of hydrogen-bond acceptors (Lipinski definition) is 3. The number of carbonyl (C=O) groups excluding carboxylic acids is 2. The molecular weight excluding hydrogens is 314 g/mol. The Hall–Kier alpha value is -2.85. The van der Waals surface area contributed by atoms with Crippen LogP contribution in [0.25, 0.3) is 10.8 Å². The minimum absolute atomic E-state index is 0.126. The summed E-state index contributed by atoms with van der Waals surface area (Å²) in [5.74, 6) is -1.08. The van der Waals surface area contributed by atoms with Gasteiger partial charge in [-0.2, -0.15) is 0 Å². The maximum atomic E-state index is 12.8. The summed E-state index contributed by atoms with van der Waals surface area (Å²) < 4.78 is 0. The Kier molecular flexibility index (Phi) is 2.89. The summed E-state index contributed by atoms with van der Waals surface area (Å²) in [5, 5.41) is 11.7. The number of hydrogen-bond donors (Lipinski definition) is 1. The van der Waals surface area contributed by atoms with E-state index in [0.29, 0.717) is 26.9 Å². The Morgan fingerprint density at radius 3 is 2.26 bits per heavy atom. The van der Waals surface area contributed by atoms with Crippen LogP contribution in [0.5, 0.6) is 5.75 Å². The predicted octanol–water partition coefficient (Wildman–Crippen LogP) is 4.00. The van der Waals surface area contributed by atoms with E-state index in [0.717, 1.165) is 4.90 Å². The summed E-state index contributed by atoms with van der Waals surface area (Å²) in [7, 11) is 0. The van der Waals surface area contributed by atoms with Crippen LogP contribution in [0.3, 0.4) is 0 Å². The van der Waals surface area contributed by atoms with Gasteiger partial charge in [0.25, 0.3) is 11.8 Å². The minimum atomic E-state index is -0.475. The lowest BCUT2D eigenvalue weighted by Crippen LogP contribution is -2.40. The van der Waals surface area contributed by atoms with E-state index in [1.807, 2.05) is 0 Å². The van der Waals surface area contributed by atoms with Crippen LogP contribution in [0.4, 0.5) is 5.69 Å². The number of phenolic OH excluding ortho intramolecular Hbond substituents is 1. The van der Waals surface area contributed by atoms with E-state index in [2.05, 4.69) is 0 Å². The first-order chi connectivity index (χ1) is 11.1. The lowest BCUT2D eigenvalue weighted by Gasteiger charge is -2.27. The van der Waals surface area contributed by atoms with Crippen molar-refractivity contribution < 1.29 is 14.7 Å². The summed E-state index contributed by atoms with van der Waals surface area (Å²) in [6.45, 7) is 0. The van der Waals surface area contributed by atoms with Crippen LogP contribution in [0, 0.1) is 0 Å². The highest BCUT2D eigenvalue weighted by Gasteiger charge is 2.35. The first-order valence-corrected chi connectivity index (χ1v) is 7.35. The van der Waals surface area contributed by atoms with Crippen LogP contribution in [0.15, 0.2) is 54.6 Å². The van der Waals surface area contributed by atoms with Gasteiger partial charge in [-0.25, -0.2) is 4.90 Å². The highest BCUT2D eigenvalue weighted by Crippen LogP contribution is 2.38. The molecule has 0 aromatic heterocycles. The monoisotopic (exact) mass is 323 g/mol. The molecule has 4 rings (SSSR count). The van der Waals surface area contributed by atoms with E-state index in [4.69, 9.17) is 11.6 Å². The normalized spacial score (nSPS) is 13.7. The number of anilines is 1. The Balaban J connectivity index is 2.04. The number of halogens is 1. The average Bonchev–Trinajstić information content (AvgIpc) is 2.56. The van der Waals surface area contributed by atoms with Gasteiger partial charge in [0.05, 0.1) is 5.69 Å². The van der Waals surface area contributed by atoms with E-state index in [9.17, 15) is 14.7 Å². The molecule has 4 nitrogen and oxygen atoms in total. The van der Waals surface area contributed by atoms with Gasteiger partial charge in [-0.15, -0.1) is 0 Å². The van der Waals surface area contributed by atoms with Crippen molar-refractivity contribution >= 4 is 39.9 Å².